The normalized spacial score (nSPS) is 19.3. The summed E-state index contributed by atoms with van der Waals surface area (Å²) in [5.41, 5.74) is 18.6. The standard InChI is InChI=1S/C26H35N5O2/c27-22-14-20(30-10-8-26(15-32,16-33)9-11-30)13-21(25(22)28)18-6-7-24-23(12-18)29-17-31(24)19-4-2-1-3-5-19/h6-7,12-14,17,19,32-33H,1-5,8-11,15-16,27-28H2. The van der Waals surface area contributed by atoms with E-state index in [2.05, 4.69) is 33.7 Å². The number of rotatable bonds is 5. The van der Waals surface area contributed by atoms with Crippen molar-refractivity contribution in [2.45, 2.75) is 51.0 Å². The van der Waals surface area contributed by atoms with Crippen molar-refractivity contribution in [2.75, 3.05) is 42.7 Å². The number of aliphatic hydroxyl groups excluding tert-OH is 2. The molecule has 2 aliphatic rings. The topological polar surface area (TPSA) is 114 Å². The molecule has 1 saturated carbocycles. The molecule has 2 aromatic carbocycles. The predicted octanol–water partition coefficient (Wildman–Crippen LogP) is 3.94. The van der Waals surface area contributed by atoms with E-state index >= 15 is 0 Å². The van der Waals surface area contributed by atoms with Crippen molar-refractivity contribution in [3.8, 4) is 11.1 Å². The summed E-state index contributed by atoms with van der Waals surface area (Å²) in [5.74, 6) is 0. The Morgan fingerprint density at radius 3 is 2.39 bits per heavy atom. The number of nitrogen functional groups attached to an aromatic ring is 2. The van der Waals surface area contributed by atoms with Gasteiger partial charge in [0.25, 0.3) is 0 Å². The number of fused-ring (bicyclic) bond motifs is 1. The molecule has 7 nitrogen and oxygen atoms in total. The first-order chi connectivity index (χ1) is 16.0. The molecule has 1 aromatic heterocycles. The van der Waals surface area contributed by atoms with Crippen LogP contribution in [0.25, 0.3) is 22.2 Å². The molecule has 3 aromatic rings. The maximum atomic E-state index is 9.72. The van der Waals surface area contributed by atoms with Crippen LogP contribution in [0.3, 0.4) is 0 Å². The fourth-order valence-corrected chi connectivity index (χ4v) is 5.54. The number of nitrogens with two attached hydrogens (primary N) is 2. The highest BCUT2D eigenvalue weighted by Crippen LogP contribution is 2.39. The molecule has 0 amide bonds. The molecule has 176 valence electrons. The van der Waals surface area contributed by atoms with Gasteiger partial charge in [-0.1, -0.05) is 25.3 Å². The van der Waals surface area contributed by atoms with Crippen molar-refractivity contribution < 1.29 is 10.2 Å². The van der Waals surface area contributed by atoms with Crippen LogP contribution in [0.2, 0.25) is 0 Å². The van der Waals surface area contributed by atoms with E-state index in [1.165, 1.54) is 37.6 Å². The second-order valence-corrected chi connectivity index (χ2v) is 9.95. The monoisotopic (exact) mass is 449 g/mol. The summed E-state index contributed by atoms with van der Waals surface area (Å²) in [4.78, 5) is 6.98. The van der Waals surface area contributed by atoms with Crippen molar-refractivity contribution in [1.29, 1.82) is 0 Å². The second kappa shape index (κ2) is 8.88. The molecular formula is C26H35N5O2. The Hall–Kier alpha value is -2.77. The SMILES string of the molecule is Nc1cc(N2CCC(CO)(CO)CC2)cc(-c2ccc3c(c2)ncn3C2CCCCC2)c1N. The number of anilines is 3. The highest BCUT2D eigenvalue weighted by molar-refractivity contribution is 5.91. The summed E-state index contributed by atoms with van der Waals surface area (Å²) in [6.07, 6.45) is 9.83. The molecule has 1 aliphatic carbocycles. The maximum Gasteiger partial charge on any atom is 0.0960 e. The van der Waals surface area contributed by atoms with E-state index < -0.39 is 0 Å². The molecule has 0 unspecified atom stereocenters. The van der Waals surface area contributed by atoms with Gasteiger partial charge in [-0.05, 0) is 55.5 Å². The Labute approximate surface area is 195 Å². The third-order valence-corrected chi connectivity index (χ3v) is 7.91. The Morgan fingerprint density at radius 2 is 1.70 bits per heavy atom. The van der Waals surface area contributed by atoms with Gasteiger partial charge in [0.15, 0.2) is 0 Å². The quantitative estimate of drug-likeness (QED) is 0.439. The van der Waals surface area contributed by atoms with Gasteiger partial charge in [-0.3, -0.25) is 0 Å². The lowest BCUT2D eigenvalue weighted by atomic mass is 9.80. The van der Waals surface area contributed by atoms with Gasteiger partial charge >= 0.3 is 0 Å². The molecule has 1 aliphatic heterocycles. The van der Waals surface area contributed by atoms with E-state index in [9.17, 15) is 10.2 Å². The Morgan fingerprint density at radius 1 is 0.970 bits per heavy atom. The fourth-order valence-electron chi connectivity index (χ4n) is 5.54. The van der Waals surface area contributed by atoms with Gasteiger partial charge in [0.05, 0.1) is 41.9 Å². The van der Waals surface area contributed by atoms with Gasteiger partial charge < -0.3 is 31.1 Å². The number of imidazole rings is 1. The van der Waals surface area contributed by atoms with E-state index in [1.807, 2.05) is 12.4 Å². The van der Waals surface area contributed by atoms with Crippen molar-refractivity contribution in [2.24, 2.45) is 5.41 Å². The highest BCUT2D eigenvalue weighted by Gasteiger charge is 2.33. The number of benzene rings is 2. The summed E-state index contributed by atoms with van der Waals surface area (Å²) >= 11 is 0. The van der Waals surface area contributed by atoms with Crippen LogP contribution in [-0.4, -0.2) is 46.1 Å². The van der Waals surface area contributed by atoms with Crippen LogP contribution in [0.4, 0.5) is 17.1 Å². The first kappa shape index (κ1) is 22.0. The molecule has 6 N–H and O–H groups in total. The molecule has 0 bridgehead atoms. The molecule has 0 atom stereocenters. The van der Waals surface area contributed by atoms with E-state index in [1.54, 1.807) is 0 Å². The van der Waals surface area contributed by atoms with Gasteiger partial charge in [0.1, 0.15) is 0 Å². The zero-order valence-corrected chi connectivity index (χ0v) is 19.2. The third-order valence-electron chi connectivity index (χ3n) is 7.91. The minimum absolute atomic E-state index is 0.0139. The average molecular weight is 450 g/mol. The first-order valence-corrected chi connectivity index (χ1v) is 12.2. The van der Waals surface area contributed by atoms with Gasteiger partial charge in [0, 0.05) is 35.8 Å². The van der Waals surface area contributed by atoms with Crippen molar-refractivity contribution in [3.05, 3.63) is 36.7 Å². The molecular weight excluding hydrogens is 414 g/mol. The van der Waals surface area contributed by atoms with Gasteiger partial charge in [-0.25, -0.2) is 4.98 Å². The fraction of sp³-hybridized carbons (Fsp3) is 0.500. The lowest BCUT2D eigenvalue weighted by Crippen LogP contribution is -2.44. The molecule has 33 heavy (non-hydrogen) atoms. The summed E-state index contributed by atoms with van der Waals surface area (Å²) < 4.78 is 2.34. The minimum atomic E-state index is -0.388. The van der Waals surface area contributed by atoms with Crippen LogP contribution in [-0.2, 0) is 0 Å². The molecule has 0 radical (unpaired) electrons. The summed E-state index contributed by atoms with van der Waals surface area (Å²) in [7, 11) is 0. The smallest absolute Gasteiger partial charge is 0.0960 e. The average Bonchev–Trinajstić information content (AvgIpc) is 3.29. The van der Waals surface area contributed by atoms with Crippen LogP contribution in [0.5, 0.6) is 0 Å². The molecule has 2 heterocycles. The predicted molar refractivity (Wildman–Crippen MR) is 134 cm³/mol. The van der Waals surface area contributed by atoms with E-state index in [0.717, 1.165) is 48.3 Å². The van der Waals surface area contributed by atoms with E-state index in [4.69, 9.17) is 16.5 Å². The summed E-state index contributed by atoms with van der Waals surface area (Å²) in [6, 6.07) is 11.0. The zero-order valence-electron chi connectivity index (χ0n) is 19.2. The van der Waals surface area contributed by atoms with Gasteiger partial charge in [0.2, 0.25) is 0 Å². The summed E-state index contributed by atoms with van der Waals surface area (Å²) in [5, 5.41) is 19.4. The molecule has 0 spiro atoms. The first-order valence-electron chi connectivity index (χ1n) is 12.2. The lowest BCUT2D eigenvalue weighted by molar-refractivity contribution is 0.0341. The minimum Gasteiger partial charge on any atom is -0.397 e. The van der Waals surface area contributed by atoms with Gasteiger partial charge in [-0.15, -0.1) is 0 Å². The van der Waals surface area contributed by atoms with E-state index in [0.29, 0.717) is 17.4 Å². The lowest BCUT2D eigenvalue weighted by Gasteiger charge is -2.40. The maximum absolute atomic E-state index is 9.72. The number of hydrogen-bond donors (Lipinski definition) is 4. The van der Waals surface area contributed by atoms with Crippen LogP contribution < -0.4 is 16.4 Å². The van der Waals surface area contributed by atoms with E-state index in [-0.39, 0.29) is 18.6 Å². The summed E-state index contributed by atoms with van der Waals surface area (Å²) in [6.45, 7) is 1.55. The van der Waals surface area contributed by atoms with Crippen molar-refractivity contribution in [1.82, 2.24) is 9.55 Å². The Bertz CT molecular complexity index is 1120. The van der Waals surface area contributed by atoms with Crippen LogP contribution in [0, 0.1) is 5.41 Å². The van der Waals surface area contributed by atoms with Crippen molar-refractivity contribution in [3.63, 3.8) is 0 Å². The number of aliphatic hydroxyl groups is 2. The zero-order chi connectivity index (χ0) is 23.0. The Balaban J connectivity index is 1.45. The largest absolute Gasteiger partial charge is 0.397 e. The van der Waals surface area contributed by atoms with Crippen LogP contribution in [0.15, 0.2) is 36.7 Å². The molecule has 7 heteroatoms. The number of piperidine rings is 1. The van der Waals surface area contributed by atoms with Gasteiger partial charge in [-0.2, -0.15) is 0 Å². The van der Waals surface area contributed by atoms with Crippen molar-refractivity contribution >= 4 is 28.1 Å². The molecule has 2 fully saturated rings. The molecule has 5 rings (SSSR count). The number of nitrogens with zero attached hydrogens (tertiary/aromatic N) is 3. The molecule has 1 saturated heterocycles. The third kappa shape index (κ3) is 4.04. The number of hydrogen-bond acceptors (Lipinski definition) is 6. The van der Waals surface area contributed by atoms with Crippen LogP contribution in [0.1, 0.15) is 51.0 Å². The highest BCUT2D eigenvalue weighted by atomic mass is 16.3. The Kier molecular flexibility index (Phi) is 5.93. The second-order valence-electron chi connectivity index (χ2n) is 9.95. The number of aromatic nitrogens is 2. The van der Waals surface area contributed by atoms with Crippen LogP contribution >= 0.6 is 0 Å².